The fourth-order valence-electron chi connectivity index (χ4n) is 4.56. The summed E-state index contributed by atoms with van der Waals surface area (Å²) in [5.41, 5.74) is 2.11. The zero-order chi connectivity index (χ0) is 19.7. The van der Waals surface area contributed by atoms with Crippen molar-refractivity contribution in [3.8, 4) is 0 Å². The van der Waals surface area contributed by atoms with E-state index in [1.165, 1.54) is 14.2 Å². The third-order valence-corrected chi connectivity index (χ3v) is 5.77. The van der Waals surface area contributed by atoms with Gasteiger partial charge in [-0.05, 0) is 17.5 Å². The van der Waals surface area contributed by atoms with Crippen LogP contribution in [-0.2, 0) is 19.1 Å². The Morgan fingerprint density at radius 3 is 2.00 bits per heavy atom. The standard InChI is InChI=1S/C22H24N2O4/c1-27-21(25)17-14-23-18(15-9-5-3-6-10-15)13-19(22(26)28-2)24(23)20(17)16-11-7-4-8-12-16/h3-12,17-20H,13-14H2,1-2H3/t17-,18+,19-,20+/m1/s1. The molecule has 0 bridgehead atoms. The molecule has 0 amide bonds. The largest absolute Gasteiger partial charge is 0.469 e. The van der Waals surface area contributed by atoms with Crippen LogP contribution in [-0.4, -0.2) is 48.8 Å². The number of methoxy groups -OCH3 is 2. The minimum atomic E-state index is -0.449. The highest BCUT2D eigenvalue weighted by atomic mass is 16.5. The predicted molar refractivity (Wildman–Crippen MR) is 103 cm³/mol. The number of esters is 2. The van der Waals surface area contributed by atoms with Crippen LogP contribution in [0.25, 0.3) is 0 Å². The Labute approximate surface area is 164 Å². The number of fused-ring (bicyclic) bond motifs is 1. The molecule has 0 unspecified atom stereocenters. The zero-order valence-electron chi connectivity index (χ0n) is 16.0. The summed E-state index contributed by atoms with van der Waals surface area (Å²) in [6, 6.07) is 19.2. The van der Waals surface area contributed by atoms with Crippen LogP contribution in [0, 0.1) is 5.92 Å². The van der Waals surface area contributed by atoms with Crippen LogP contribution in [0.2, 0.25) is 0 Å². The van der Waals surface area contributed by atoms with Crippen LogP contribution >= 0.6 is 0 Å². The van der Waals surface area contributed by atoms with Gasteiger partial charge in [0.2, 0.25) is 0 Å². The van der Waals surface area contributed by atoms with Gasteiger partial charge in [0.1, 0.15) is 6.04 Å². The SMILES string of the molecule is COC(=O)[C@H]1C[C@@H](c2ccccc2)N2C[C@@H](C(=O)OC)[C@H](c3ccccc3)N12. The van der Waals surface area contributed by atoms with Crippen LogP contribution in [0.3, 0.4) is 0 Å². The van der Waals surface area contributed by atoms with E-state index in [4.69, 9.17) is 9.47 Å². The molecule has 2 saturated heterocycles. The highest BCUT2D eigenvalue weighted by molar-refractivity contribution is 5.78. The molecule has 0 spiro atoms. The lowest BCUT2D eigenvalue weighted by Gasteiger charge is -2.31. The summed E-state index contributed by atoms with van der Waals surface area (Å²) in [4.78, 5) is 25.3. The molecule has 28 heavy (non-hydrogen) atoms. The average Bonchev–Trinajstić information content (AvgIpc) is 3.31. The first-order valence-corrected chi connectivity index (χ1v) is 9.46. The topological polar surface area (TPSA) is 59.1 Å². The summed E-state index contributed by atoms with van der Waals surface area (Å²) >= 11 is 0. The van der Waals surface area contributed by atoms with E-state index in [1.54, 1.807) is 0 Å². The van der Waals surface area contributed by atoms with Gasteiger partial charge in [-0.25, -0.2) is 10.0 Å². The summed E-state index contributed by atoms with van der Waals surface area (Å²) in [5, 5.41) is 4.19. The van der Waals surface area contributed by atoms with Gasteiger partial charge in [-0.3, -0.25) is 9.59 Å². The average molecular weight is 380 g/mol. The molecule has 0 aromatic heterocycles. The molecule has 2 aromatic carbocycles. The van der Waals surface area contributed by atoms with Crippen molar-refractivity contribution >= 4 is 11.9 Å². The van der Waals surface area contributed by atoms with Crippen LogP contribution in [0.5, 0.6) is 0 Å². The van der Waals surface area contributed by atoms with Gasteiger partial charge in [0, 0.05) is 6.54 Å². The number of carbonyl (C=O) groups is 2. The van der Waals surface area contributed by atoms with Crippen LogP contribution in [0.4, 0.5) is 0 Å². The molecule has 2 aromatic rings. The first kappa shape index (κ1) is 18.7. The lowest BCUT2D eigenvalue weighted by Crippen LogP contribution is -2.42. The van der Waals surface area contributed by atoms with Crippen molar-refractivity contribution in [2.45, 2.75) is 24.5 Å². The molecule has 4 rings (SSSR count). The molecule has 0 N–H and O–H groups in total. The number of hydrogen-bond acceptors (Lipinski definition) is 6. The summed E-state index contributed by atoms with van der Waals surface area (Å²) in [7, 11) is 2.82. The number of ether oxygens (including phenoxy) is 2. The number of rotatable bonds is 4. The summed E-state index contributed by atoms with van der Waals surface area (Å²) < 4.78 is 10.2. The van der Waals surface area contributed by atoms with Gasteiger partial charge >= 0.3 is 11.9 Å². The maximum Gasteiger partial charge on any atom is 0.324 e. The number of nitrogens with zero attached hydrogens (tertiary/aromatic N) is 2. The molecular weight excluding hydrogens is 356 g/mol. The molecule has 4 atom stereocenters. The Kier molecular flexibility index (Phi) is 5.15. The number of hydrazine groups is 1. The molecular formula is C22H24N2O4. The molecule has 0 saturated carbocycles. The van der Waals surface area contributed by atoms with E-state index in [0.717, 1.165) is 11.1 Å². The van der Waals surface area contributed by atoms with Gasteiger partial charge in [-0.2, -0.15) is 0 Å². The van der Waals surface area contributed by atoms with E-state index in [1.807, 2.05) is 53.5 Å². The first-order chi connectivity index (χ1) is 13.7. The quantitative estimate of drug-likeness (QED) is 0.761. The van der Waals surface area contributed by atoms with Gasteiger partial charge in [0.15, 0.2) is 0 Å². The van der Waals surface area contributed by atoms with Crippen molar-refractivity contribution in [1.82, 2.24) is 10.0 Å². The highest BCUT2D eigenvalue weighted by Gasteiger charge is 2.56. The normalized spacial score (nSPS) is 27.4. The maximum absolute atomic E-state index is 12.6. The molecule has 2 aliphatic rings. The number of carbonyl (C=O) groups excluding carboxylic acids is 2. The predicted octanol–water partition coefficient (Wildman–Crippen LogP) is 2.74. The van der Waals surface area contributed by atoms with Crippen LogP contribution < -0.4 is 0 Å². The number of hydrogen-bond donors (Lipinski definition) is 0. The van der Waals surface area contributed by atoms with Crippen molar-refractivity contribution < 1.29 is 19.1 Å². The van der Waals surface area contributed by atoms with E-state index in [9.17, 15) is 9.59 Å². The second kappa shape index (κ2) is 7.73. The van der Waals surface area contributed by atoms with Gasteiger partial charge in [-0.15, -0.1) is 0 Å². The Balaban J connectivity index is 1.79. The molecule has 146 valence electrons. The Morgan fingerprint density at radius 2 is 1.43 bits per heavy atom. The fraction of sp³-hybridized carbons (Fsp3) is 0.364. The van der Waals surface area contributed by atoms with Gasteiger partial charge < -0.3 is 9.47 Å². The van der Waals surface area contributed by atoms with E-state index < -0.39 is 6.04 Å². The van der Waals surface area contributed by atoms with E-state index in [2.05, 4.69) is 17.1 Å². The van der Waals surface area contributed by atoms with Crippen LogP contribution in [0.15, 0.2) is 60.7 Å². The summed E-state index contributed by atoms with van der Waals surface area (Å²) in [6.07, 6.45) is 0.619. The second-order valence-corrected chi connectivity index (χ2v) is 7.19. The van der Waals surface area contributed by atoms with Gasteiger partial charge in [-0.1, -0.05) is 60.7 Å². The van der Waals surface area contributed by atoms with Crippen molar-refractivity contribution in [1.29, 1.82) is 0 Å². The van der Waals surface area contributed by atoms with E-state index in [-0.39, 0.29) is 29.9 Å². The minimum Gasteiger partial charge on any atom is -0.469 e. The smallest absolute Gasteiger partial charge is 0.324 e. The number of benzene rings is 2. The third-order valence-electron chi connectivity index (χ3n) is 5.77. The van der Waals surface area contributed by atoms with E-state index >= 15 is 0 Å². The Bertz CT molecular complexity index is 842. The maximum atomic E-state index is 12.6. The highest BCUT2D eigenvalue weighted by Crippen LogP contribution is 2.49. The van der Waals surface area contributed by atoms with Crippen molar-refractivity contribution in [3.63, 3.8) is 0 Å². The summed E-state index contributed by atoms with van der Waals surface area (Å²) in [5.74, 6) is -0.931. The first-order valence-electron chi connectivity index (χ1n) is 9.46. The molecule has 2 aliphatic heterocycles. The molecule has 6 nitrogen and oxygen atoms in total. The van der Waals surface area contributed by atoms with Gasteiger partial charge in [0.05, 0.1) is 32.2 Å². The molecule has 6 heteroatoms. The third kappa shape index (κ3) is 3.08. The molecule has 0 radical (unpaired) electrons. The fourth-order valence-corrected chi connectivity index (χ4v) is 4.56. The lowest BCUT2D eigenvalue weighted by atomic mass is 9.91. The van der Waals surface area contributed by atoms with Crippen LogP contribution in [0.1, 0.15) is 29.6 Å². The van der Waals surface area contributed by atoms with E-state index in [0.29, 0.717) is 13.0 Å². The van der Waals surface area contributed by atoms with Gasteiger partial charge in [0.25, 0.3) is 0 Å². The summed E-state index contributed by atoms with van der Waals surface area (Å²) in [6.45, 7) is 0.499. The Morgan fingerprint density at radius 1 is 0.857 bits per heavy atom. The van der Waals surface area contributed by atoms with Crippen molar-refractivity contribution in [2.75, 3.05) is 20.8 Å². The molecule has 0 aliphatic carbocycles. The molecule has 2 fully saturated rings. The Hall–Kier alpha value is -2.70. The zero-order valence-corrected chi connectivity index (χ0v) is 16.0. The van der Waals surface area contributed by atoms with Crippen molar-refractivity contribution in [3.05, 3.63) is 71.8 Å². The lowest BCUT2D eigenvalue weighted by molar-refractivity contribution is -0.152. The monoisotopic (exact) mass is 380 g/mol. The molecule has 2 heterocycles. The minimum absolute atomic E-state index is 0.00571. The second-order valence-electron chi connectivity index (χ2n) is 7.19. The van der Waals surface area contributed by atoms with Crippen molar-refractivity contribution in [2.24, 2.45) is 5.92 Å².